The fourth-order valence-corrected chi connectivity index (χ4v) is 4.23. The second-order valence-corrected chi connectivity index (χ2v) is 10.6. The van der Waals surface area contributed by atoms with Gasteiger partial charge < -0.3 is 9.05 Å². The van der Waals surface area contributed by atoms with Crippen LogP contribution in [0.5, 0.6) is 11.5 Å². The van der Waals surface area contributed by atoms with E-state index in [4.69, 9.17) is 67.3 Å². The molecule has 0 aromatic heterocycles. The molecule has 0 fully saturated rings. The maximum absolute atomic E-state index is 6.02. The zero-order valence-corrected chi connectivity index (χ0v) is 20.5. The van der Waals surface area contributed by atoms with Crippen LogP contribution in [0.25, 0.3) is 0 Å². The Kier molecular flexibility index (Phi) is 8.65. The van der Waals surface area contributed by atoms with E-state index in [1.54, 1.807) is 24.3 Å². The molecule has 0 aliphatic heterocycles. The molecule has 0 bridgehead atoms. The summed E-state index contributed by atoms with van der Waals surface area (Å²) in [5.41, 5.74) is -2.95. The molecule has 2 rings (SSSR count). The van der Waals surface area contributed by atoms with E-state index >= 15 is 0 Å². The second kappa shape index (κ2) is 9.00. The molecule has 0 amide bonds. The number of hydrogen-bond acceptors (Lipinski definition) is 3. The van der Waals surface area contributed by atoms with Gasteiger partial charge in [0.2, 0.25) is 0 Å². The minimum atomic E-state index is -2.95. The average molecular weight is 533 g/mol. The molecule has 0 radical (unpaired) electrons. The minimum Gasteiger partial charge on any atom is -0.427 e. The van der Waals surface area contributed by atoms with E-state index in [-0.39, 0.29) is 27.3 Å². The summed E-state index contributed by atoms with van der Waals surface area (Å²) in [6, 6.07) is 9.51. The van der Waals surface area contributed by atoms with Gasteiger partial charge in [-0.3, -0.25) is 0 Å². The van der Waals surface area contributed by atoms with Gasteiger partial charge in [0, 0.05) is 37.3 Å². The summed E-state index contributed by atoms with van der Waals surface area (Å²) < 4.78 is 11.1. The van der Waals surface area contributed by atoms with Crippen LogP contribution >= 0.6 is 64.3 Å². The first-order valence-corrected chi connectivity index (χ1v) is 10.7. The Labute approximate surface area is 178 Å². The minimum absolute atomic E-state index is 0. The number of thiol groups is 1. The molecule has 114 valence electrons. The van der Waals surface area contributed by atoms with Crippen molar-refractivity contribution in [2.75, 3.05) is 0 Å². The van der Waals surface area contributed by atoms with Crippen molar-refractivity contribution in [3.05, 3.63) is 56.5 Å². The summed E-state index contributed by atoms with van der Waals surface area (Å²) in [4.78, 5) is 0. The van der Waals surface area contributed by atoms with Crippen LogP contribution in [0.1, 0.15) is 0 Å². The molecule has 2 aromatic rings. The molecule has 0 unspecified atom stereocenters. The molecular formula is C12H7CdCl4O2PS2. The van der Waals surface area contributed by atoms with Crippen molar-refractivity contribution in [2.24, 2.45) is 0 Å². The van der Waals surface area contributed by atoms with Crippen LogP contribution < -0.4 is 9.05 Å². The number of hydrogen-bond donors (Lipinski definition) is 1. The summed E-state index contributed by atoms with van der Waals surface area (Å²) >= 11 is 33.2. The third-order valence-corrected chi connectivity index (χ3v) is 5.07. The van der Waals surface area contributed by atoms with Crippen molar-refractivity contribution in [3.63, 3.8) is 0 Å². The summed E-state index contributed by atoms with van der Waals surface area (Å²) in [6.07, 6.45) is 0. The van der Waals surface area contributed by atoms with Crippen molar-refractivity contribution < 1.29 is 36.3 Å². The number of rotatable bonds is 4. The van der Waals surface area contributed by atoms with Gasteiger partial charge in [-0.05, 0) is 48.2 Å². The topological polar surface area (TPSA) is 18.5 Å². The molecule has 2 aromatic carbocycles. The Morgan fingerprint density at radius 2 is 1.18 bits per heavy atom. The molecule has 0 aliphatic rings. The van der Waals surface area contributed by atoms with Crippen molar-refractivity contribution in [1.29, 1.82) is 0 Å². The smallest absolute Gasteiger partial charge is 0.345 e. The number of halogens is 4. The molecule has 22 heavy (non-hydrogen) atoms. The third-order valence-electron chi connectivity index (χ3n) is 2.22. The predicted molar refractivity (Wildman–Crippen MR) is 97.5 cm³/mol. The summed E-state index contributed by atoms with van der Waals surface area (Å²) in [5, 5.41) is 1.61. The molecule has 0 atom stereocenters. The Morgan fingerprint density at radius 3 is 1.50 bits per heavy atom. The van der Waals surface area contributed by atoms with Crippen molar-refractivity contribution in [2.45, 2.75) is 0 Å². The van der Waals surface area contributed by atoms with Gasteiger partial charge in [0.25, 0.3) is 0 Å². The zero-order chi connectivity index (χ0) is 15.6. The van der Waals surface area contributed by atoms with Gasteiger partial charge in [0.15, 0.2) is 0 Å². The van der Waals surface area contributed by atoms with Crippen molar-refractivity contribution in [3.8, 4) is 11.5 Å². The van der Waals surface area contributed by atoms with Gasteiger partial charge >= 0.3 is 5.69 Å². The average Bonchev–Trinajstić information content (AvgIpc) is 2.36. The van der Waals surface area contributed by atoms with E-state index in [1.165, 1.54) is 12.1 Å². The molecule has 2 nitrogen and oxygen atoms in total. The molecule has 0 saturated carbocycles. The maximum Gasteiger partial charge on any atom is 0.345 e. The van der Waals surface area contributed by atoms with Crippen LogP contribution in [-0.2, 0) is 39.1 Å². The Bertz CT molecular complexity index is 675. The summed E-state index contributed by atoms with van der Waals surface area (Å²) in [7, 11) is 0. The van der Waals surface area contributed by atoms with Gasteiger partial charge in [-0.2, -0.15) is 0 Å². The van der Waals surface area contributed by atoms with Gasteiger partial charge in [-0.25, -0.2) is 0 Å². The zero-order valence-electron chi connectivity index (χ0n) is 10.8. The fourth-order valence-electron chi connectivity index (χ4n) is 1.37. The van der Waals surface area contributed by atoms with E-state index in [2.05, 4.69) is 12.2 Å². The maximum atomic E-state index is 6.02. The van der Waals surface area contributed by atoms with Crippen LogP contribution in [0.15, 0.2) is 36.4 Å². The molecule has 0 heterocycles. The summed E-state index contributed by atoms with van der Waals surface area (Å²) in [6.45, 7) is 0. The SMILES string of the molecule is S=P(S)(Oc1ccc(Cl)cc1Cl)Oc1ccc(Cl)cc1Cl.[Cd]. The second-order valence-electron chi connectivity index (χ2n) is 3.80. The van der Waals surface area contributed by atoms with Crippen LogP contribution in [0, 0.1) is 0 Å². The van der Waals surface area contributed by atoms with Gasteiger partial charge in [0.1, 0.15) is 11.5 Å². The Morgan fingerprint density at radius 1 is 0.818 bits per heavy atom. The largest absolute Gasteiger partial charge is 0.427 e. The third kappa shape index (κ3) is 6.21. The normalized spacial score (nSPS) is 10.8. The van der Waals surface area contributed by atoms with Crippen LogP contribution in [-0.4, -0.2) is 0 Å². The van der Waals surface area contributed by atoms with E-state index in [9.17, 15) is 0 Å². The number of benzene rings is 2. The molecule has 0 saturated heterocycles. The van der Waals surface area contributed by atoms with Gasteiger partial charge in [0.05, 0.1) is 10.0 Å². The fraction of sp³-hybridized carbons (Fsp3) is 0. The first-order valence-electron chi connectivity index (χ1n) is 5.39. The Balaban J connectivity index is 0.00000242. The van der Waals surface area contributed by atoms with Crippen LogP contribution in [0.4, 0.5) is 0 Å². The van der Waals surface area contributed by atoms with Gasteiger partial charge in [-0.15, -0.1) is 0 Å². The molecular weight excluding hydrogens is 525 g/mol. The predicted octanol–water partition coefficient (Wildman–Crippen LogP) is 6.91. The van der Waals surface area contributed by atoms with E-state index in [0.717, 1.165) is 0 Å². The molecule has 0 spiro atoms. The quantitative estimate of drug-likeness (QED) is 0.262. The van der Waals surface area contributed by atoms with Crippen LogP contribution in [0.2, 0.25) is 20.1 Å². The summed E-state index contributed by atoms with van der Waals surface area (Å²) in [5.74, 6) is 0.675. The monoisotopic (exact) mass is 532 g/mol. The van der Waals surface area contributed by atoms with Crippen LogP contribution in [0.3, 0.4) is 0 Å². The molecule has 10 heteroatoms. The first kappa shape index (κ1) is 21.2. The van der Waals surface area contributed by atoms with Crippen molar-refractivity contribution >= 4 is 76.2 Å². The first-order chi connectivity index (χ1) is 9.77. The molecule has 0 aliphatic carbocycles. The van der Waals surface area contributed by atoms with E-state index in [0.29, 0.717) is 31.6 Å². The van der Waals surface area contributed by atoms with E-state index < -0.39 is 5.69 Å². The van der Waals surface area contributed by atoms with Gasteiger partial charge in [-0.1, -0.05) is 58.7 Å². The Hall–Kier alpha value is 1.12. The molecule has 0 N–H and O–H groups in total. The standard InChI is InChI=1S/C12H7Cl4O2PS2.Cd/c13-7-1-3-11(9(15)5-7)17-19(20,21)18-12-4-2-8(14)6-10(12)16;/h1-6H,(H,20,21);. The van der Waals surface area contributed by atoms with Crippen molar-refractivity contribution in [1.82, 2.24) is 0 Å². The van der Waals surface area contributed by atoms with E-state index in [1.807, 2.05) is 0 Å².